The topological polar surface area (TPSA) is 89.9 Å². The van der Waals surface area contributed by atoms with E-state index in [4.69, 9.17) is 14.6 Å². The van der Waals surface area contributed by atoms with Gasteiger partial charge in [-0.05, 0) is 17.7 Å². The SMILES string of the molecule is COC(CS(=O)(=O)c1ccc(CC(=O)O)cc1)OC. The summed E-state index contributed by atoms with van der Waals surface area (Å²) in [7, 11) is -0.805. The van der Waals surface area contributed by atoms with E-state index in [0.717, 1.165) is 0 Å². The monoisotopic (exact) mass is 288 g/mol. The number of carboxylic acid groups (broad SMARTS) is 1. The Bertz CT molecular complexity index is 516. The van der Waals surface area contributed by atoms with Gasteiger partial charge >= 0.3 is 5.97 Å². The Hall–Kier alpha value is -1.44. The van der Waals surface area contributed by atoms with Gasteiger partial charge in [-0.3, -0.25) is 4.79 Å². The van der Waals surface area contributed by atoms with Crippen molar-refractivity contribution in [1.82, 2.24) is 0 Å². The first-order chi connectivity index (χ1) is 8.89. The molecule has 1 rings (SSSR count). The third-order valence-electron chi connectivity index (χ3n) is 2.52. The number of carbonyl (C=O) groups is 1. The van der Waals surface area contributed by atoms with Crippen LogP contribution in [0.15, 0.2) is 29.2 Å². The van der Waals surface area contributed by atoms with Gasteiger partial charge in [0.15, 0.2) is 16.1 Å². The molecular weight excluding hydrogens is 272 g/mol. The molecule has 0 atom stereocenters. The fraction of sp³-hybridized carbons (Fsp3) is 0.417. The summed E-state index contributed by atoms with van der Waals surface area (Å²) in [5.74, 6) is -1.26. The third-order valence-corrected chi connectivity index (χ3v) is 4.22. The van der Waals surface area contributed by atoms with Crippen molar-refractivity contribution in [2.24, 2.45) is 0 Å². The Labute approximate surface area is 111 Å². The first-order valence-corrected chi connectivity index (χ1v) is 7.13. The van der Waals surface area contributed by atoms with E-state index in [1.54, 1.807) is 0 Å². The van der Waals surface area contributed by atoms with Crippen LogP contribution in [0.4, 0.5) is 0 Å². The smallest absolute Gasteiger partial charge is 0.307 e. The van der Waals surface area contributed by atoms with Gasteiger partial charge in [0.2, 0.25) is 0 Å². The maximum Gasteiger partial charge on any atom is 0.307 e. The molecule has 0 amide bonds. The zero-order valence-electron chi connectivity index (χ0n) is 10.7. The molecule has 19 heavy (non-hydrogen) atoms. The summed E-state index contributed by atoms with van der Waals surface area (Å²) < 4.78 is 33.7. The van der Waals surface area contributed by atoms with Crippen LogP contribution in [0.1, 0.15) is 5.56 Å². The van der Waals surface area contributed by atoms with Crippen molar-refractivity contribution in [3.63, 3.8) is 0 Å². The van der Waals surface area contributed by atoms with E-state index in [-0.39, 0.29) is 17.1 Å². The molecule has 0 saturated heterocycles. The van der Waals surface area contributed by atoms with Gasteiger partial charge in [0.25, 0.3) is 0 Å². The molecule has 0 spiro atoms. The van der Waals surface area contributed by atoms with Crippen molar-refractivity contribution in [1.29, 1.82) is 0 Å². The molecule has 0 heterocycles. The summed E-state index contributed by atoms with van der Waals surface area (Å²) in [6.45, 7) is 0. The van der Waals surface area contributed by atoms with Crippen LogP contribution in [-0.4, -0.2) is 45.8 Å². The quantitative estimate of drug-likeness (QED) is 0.743. The summed E-state index contributed by atoms with van der Waals surface area (Å²) in [6.07, 6.45) is -0.970. The van der Waals surface area contributed by atoms with Crippen molar-refractivity contribution in [3.8, 4) is 0 Å². The Morgan fingerprint density at radius 3 is 2.16 bits per heavy atom. The highest BCUT2D eigenvalue weighted by Crippen LogP contribution is 2.14. The molecule has 0 unspecified atom stereocenters. The summed E-state index contributed by atoms with van der Waals surface area (Å²) in [4.78, 5) is 10.6. The number of methoxy groups -OCH3 is 2. The summed E-state index contributed by atoms with van der Waals surface area (Å²) >= 11 is 0. The second-order valence-corrected chi connectivity index (χ2v) is 5.93. The van der Waals surface area contributed by atoms with Crippen LogP contribution in [0.2, 0.25) is 0 Å². The molecule has 0 aliphatic rings. The molecule has 1 N–H and O–H groups in total. The third kappa shape index (κ3) is 4.62. The van der Waals surface area contributed by atoms with E-state index in [2.05, 4.69) is 0 Å². The van der Waals surface area contributed by atoms with E-state index in [0.29, 0.717) is 5.56 Å². The Kier molecular flexibility index (Phi) is 5.46. The minimum absolute atomic E-state index is 0.112. The molecule has 7 heteroatoms. The van der Waals surface area contributed by atoms with Crippen molar-refractivity contribution >= 4 is 15.8 Å². The largest absolute Gasteiger partial charge is 0.481 e. The standard InChI is InChI=1S/C12H16O6S/c1-17-12(18-2)8-19(15,16)10-5-3-9(4-6-10)7-11(13)14/h3-6,12H,7-8H2,1-2H3,(H,13,14). The first-order valence-electron chi connectivity index (χ1n) is 5.48. The molecule has 1 aromatic rings. The van der Waals surface area contributed by atoms with Crippen LogP contribution in [0, 0.1) is 0 Å². The number of rotatable bonds is 7. The van der Waals surface area contributed by atoms with Crippen molar-refractivity contribution in [2.45, 2.75) is 17.6 Å². The van der Waals surface area contributed by atoms with E-state index in [1.807, 2.05) is 0 Å². The van der Waals surface area contributed by atoms with Gasteiger partial charge in [0.05, 0.1) is 11.3 Å². The van der Waals surface area contributed by atoms with Crippen molar-refractivity contribution in [3.05, 3.63) is 29.8 Å². The minimum atomic E-state index is -3.53. The first kappa shape index (κ1) is 15.6. The molecule has 0 bridgehead atoms. The van der Waals surface area contributed by atoms with Crippen LogP contribution in [0.5, 0.6) is 0 Å². The van der Waals surface area contributed by atoms with Crippen LogP contribution in [0.3, 0.4) is 0 Å². The van der Waals surface area contributed by atoms with E-state index in [1.165, 1.54) is 38.5 Å². The number of hydrogen-bond acceptors (Lipinski definition) is 5. The molecular formula is C12H16O6S. The lowest BCUT2D eigenvalue weighted by Crippen LogP contribution is -2.24. The van der Waals surface area contributed by atoms with Gasteiger partial charge in [-0.25, -0.2) is 8.42 Å². The van der Waals surface area contributed by atoms with Crippen molar-refractivity contribution < 1.29 is 27.8 Å². The number of ether oxygens (including phenoxy) is 2. The average Bonchev–Trinajstić information content (AvgIpc) is 2.36. The second-order valence-electron chi connectivity index (χ2n) is 3.90. The fourth-order valence-corrected chi connectivity index (χ4v) is 2.87. The van der Waals surface area contributed by atoms with Crippen LogP contribution in [0.25, 0.3) is 0 Å². The van der Waals surface area contributed by atoms with Gasteiger partial charge in [0.1, 0.15) is 5.75 Å². The summed E-state index contributed by atoms with van der Waals surface area (Å²) in [5, 5.41) is 8.63. The molecule has 6 nitrogen and oxygen atoms in total. The second kappa shape index (κ2) is 6.65. The predicted molar refractivity (Wildman–Crippen MR) is 67.6 cm³/mol. The molecule has 106 valence electrons. The lowest BCUT2D eigenvalue weighted by atomic mass is 10.2. The van der Waals surface area contributed by atoms with E-state index in [9.17, 15) is 13.2 Å². The molecule has 0 aromatic heterocycles. The Balaban J connectivity index is 2.87. The highest BCUT2D eigenvalue weighted by Gasteiger charge is 2.20. The fourth-order valence-electron chi connectivity index (χ4n) is 1.50. The van der Waals surface area contributed by atoms with Crippen molar-refractivity contribution in [2.75, 3.05) is 20.0 Å². The molecule has 0 saturated carbocycles. The average molecular weight is 288 g/mol. The highest BCUT2D eigenvalue weighted by atomic mass is 32.2. The maximum atomic E-state index is 12.0. The van der Waals surface area contributed by atoms with E-state index >= 15 is 0 Å². The molecule has 0 radical (unpaired) electrons. The molecule has 0 aliphatic carbocycles. The normalized spacial score (nSPS) is 11.7. The zero-order chi connectivity index (χ0) is 14.5. The maximum absolute atomic E-state index is 12.0. The molecule has 1 aromatic carbocycles. The number of sulfone groups is 1. The summed E-state index contributed by atoms with van der Waals surface area (Å²) in [6, 6.07) is 5.73. The van der Waals surface area contributed by atoms with Gasteiger partial charge in [-0.15, -0.1) is 0 Å². The molecule has 0 fully saturated rings. The molecule has 0 aliphatic heterocycles. The Morgan fingerprint density at radius 2 is 1.74 bits per heavy atom. The lowest BCUT2D eigenvalue weighted by Gasteiger charge is -2.13. The number of hydrogen-bond donors (Lipinski definition) is 1. The van der Waals surface area contributed by atoms with Gasteiger partial charge < -0.3 is 14.6 Å². The van der Waals surface area contributed by atoms with E-state index < -0.39 is 22.1 Å². The number of benzene rings is 1. The van der Waals surface area contributed by atoms with Crippen LogP contribution in [-0.2, 0) is 30.5 Å². The van der Waals surface area contributed by atoms with Crippen LogP contribution >= 0.6 is 0 Å². The van der Waals surface area contributed by atoms with Gasteiger partial charge in [-0.2, -0.15) is 0 Å². The van der Waals surface area contributed by atoms with Gasteiger partial charge in [-0.1, -0.05) is 12.1 Å². The zero-order valence-corrected chi connectivity index (χ0v) is 11.5. The Morgan fingerprint density at radius 1 is 1.21 bits per heavy atom. The van der Waals surface area contributed by atoms with Gasteiger partial charge in [0, 0.05) is 14.2 Å². The number of aliphatic carboxylic acids is 1. The van der Waals surface area contributed by atoms with Crippen LogP contribution < -0.4 is 0 Å². The minimum Gasteiger partial charge on any atom is -0.481 e. The predicted octanol–water partition coefficient (Wildman–Crippen LogP) is 0.706. The lowest BCUT2D eigenvalue weighted by molar-refractivity contribution is -0.136. The number of carboxylic acids is 1. The summed E-state index contributed by atoms with van der Waals surface area (Å²) in [5.41, 5.74) is 0.543. The highest BCUT2D eigenvalue weighted by molar-refractivity contribution is 7.91.